The second-order valence-corrected chi connectivity index (χ2v) is 6.52. The van der Waals surface area contributed by atoms with Crippen molar-refractivity contribution in [1.82, 2.24) is 0 Å². The van der Waals surface area contributed by atoms with E-state index in [0.29, 0.717) is 4.47 Å². The second kappa shape index (κ2) is 5.79. The lowest BCUT2D eigenvalue weighted by Gasteiger charge is -2.10. The number of rotatable bonds is 3. The SMILES string of the molecule is N#Cc1c(F)cccc1S(=O)(=O)Nc1cc(Br)ccc1F. The summed E-state index contributed by atoms with van der Waals surface area (Å²) in [5.41, 5.74) is -0.932. The third kappa shape index (κ3) is 3.20. The van der Waals surface area contributed by atoms with Crippen LogP contribution in [0.4, 0.5) is 14.5 Å². The van der Waals surface area contributed by atoms with Crippen molar-refractivity contribution >= 4 is 31.6 Å². The lowest BCUT2D eigenvalue weighted by Crippen LogP contribution is -2.16. The number of halogens is 3. The van der Waals surface area contributed by atoms with Gasteiger partial charge in [-0.1, -0.05) is 22.0 Å². The van der Waals surface area contributed by atoms with Gasteiger partial charge in [0.2, 0.25) is 0 Å². The summed E-state index contributed by atoms with van der Waals surface area (Å²) in [4.78, 5) is -0.552. The quantitative estimate of drug-likeness (QED) is 0.897. The first-order valence-corrected chi connectivity index (χ1v) is 7.79. The van der Waals surface area contributed by atoms with Crippen molar-refractivity contribution in [3.63, 3.8) is 0 Å². The number of hydrogen-bond acceptors (Lipinski definition) is 3. The standard InChI is InChI=1S/C13H7BrF2N2O2S/c14-8-4-5-11(16)12(6-8)18-21(19,20)13-3-1-2-10(15)9(13)7-17/h1-6,18H. The predicted molar refractivity (Wildman–Crippen MR) is 76.0 cm³/mol. The van der Waals surface area contributed by atoms with Gasteiger partial charge < -0.3 is 0 Å². The third-order valence-electron chi connectivity index (χ3n) is 2.55. The fourth-order valence-corrected chi connectivity index (χ4v) is 3.20. The maximum Gasteiger partial charge on any atom is 0.263 e. The molecule has 0 unspecified atom stereocenters. The minimum absolute atomic E-state index is 0.308. The molecule has 0 aromatic heterocycles. The number of sulfonamides is 1. The van der Waals surface area contributed by atoms with E-state index in [9.17, 15) is 17.2 Å². The average molecular weight is 373 g/mol. The molecule has 108 valence electrons. The summed E-state index contributed by atoms with van der Waals surface area (Å²) in [5.74, 6) is -1.76. The van der Waals surface area contributed by atoms with E-state index < -0.39 is 32.1 Å². The summed E-state index contributed by atoms with van der Waals surface area (Å²) in [7, 11) is -4.29. The highest BCUT2D eigenvalue weighted by Gasteiger charge is 2.22. The van der Waals surface area contributed by atoms with E-state index >= 15 is 0 Å². The average Bonchev–Trinajstić information content (AvgIpc) is 2.42. The topological polar surface area (TPSA) is 70.0 Å². The van der Waals surface area contributed by atoms with Crippen LogP contribution in [-0.2, 0) is 10.0 Å². The number of nitrogens with zero attached hydrogens (tertiary/aromatic N) is 1. The van der Waals surface area contributed by atoms with Crippen LogP contribution in [-0.4, -0.2) is 8.42 Å². The van der Waals surface area contributed by atoms with Crippen molar-refractivity contribution in [2.24, 2.45) is 0 Å². The molecule has 0 amide bonds. The fraction of sp³-hybridized carbons (Fsp3) is 0. The fourth-order valence-electron chi connectivity index (χ4n) is 1.61. The highest BCUT2D eigenvalue weighted by atomic mass is 79.9. The summed E-state index contributed by atoms with van der Waals surface area (Å²) in [6, 6.07) is 8.37. The minimum Gasteiger partial charge on any atom is -0.277 e. The normalized spacial score (nSPS) is 11.0. The number of benzene rings is 2. The highest BCUT2D eigenvalue weighted by molar-refractivity contribution is 9.10. The molecule has 1 N–H and O–H groups in total. The molecule has 8 heteroatoms. The molecule has 0 saturated heterocycles. The zero-order chi connectivity index (χ0) is 15.6. The van der Waals surface area contributed by atoms with E-state index in [0.717, 1.165) is 24.3 Å². The lowest BCUT2D eigenvalue weighted by atomic mass is 10.2. The Morgan fingerprint density at radius 3 is 2.52 bits per heavy atom. The molecule has 0 aliphatic heterocycles. The molecule has 2 aromatic rings. The van der Waals surface area contributed by atoms with Gasteiger partial charge in [-0.25, -0.2) is 17.2 Å². The van der Waals surface area contributed by atoms with Crippen LogP contribution in [0.1, 0.15) is 5.56 Å². The van der Waals surface area contributed by atoms with Gasteiger partial charge in [0.25, 0.3) is 10.0 Å². The van der Waals surface area contributed by atoms with Crippen molar-refractivity contribution < 1.29 is 17.2 Å². The monoisotopic (exact) mass is 372 g/mol. The zero-order valence-corrected chi connectivity index (χ0v) is 12.7. The second-order valence-electron chi connectivity index (χ2n) is 3.95. The largest absolute Gasteiger partial charge is 0.277 e. The Bertz CT molecular complexity index is 848. The van der Waals surface area contributed by atoms with E-state index in [-0.39, 0.29) is 5.69 Å². The van der Waals surface area contributed by atoms with Crippen LogP contribution >= 0.6 is 15.9 Å². The van der Waals surface area contributed by atoms with Gasteiger partial charge in [0.1, 0.15) is 28.2 Å². The van der Waals surface area contributed by atoms with Crippen LogP contribution in [0.25, 0.3) is 0 Å². The van der Waals surface area contributed by atoms with E-state index in [2.05, 4.69) is 15.9 Å². The Kier molecular flexibility index (Phi) is 4.25. The number of anilines is 1. The van der Waals surface area contributed by atoms with Crippen molar-refractivity contribution in [2.75, 3.05) is 4.72 Å². The predicted octanol–water partition coefficient (Wildman–Crippen LogP) is 3.40. The van der Waals surface area contributed by atoms with E-state index in [1.54, 1.807) is 0 Å². The maximum atomic E-state index is 13.6. The van der Waals surface area contributed by atoms with Crippen molar-refractivity contribution in [3.05, 3.63) is 58.1 Å². The zero-order valence-electron chi connectivity index (χ0n) is 10.3. The molecule has 21 heavy (non-hydrogen) atoms. The first kappa shape index (κ1) is 15.4. The summed E-state index contributed by atoms with van der Waals surface area (Å²) in [6.07, 6.45) is 0. The van der Waals surface area contributed by atoms with Crippen LogP contribution < -0.4 is 4.72 Å². The highest BCUT2D eigenvalue weighted by Crippen LogP contribution is 2.25. The van der Waals surface area contributed by atoms with Crippen LogP contribution in [0.3, 0.4) is 0 Å². The molecular weight excluding hydrogens is 366 g/mol. The van der Waals surface area contributed by atoms with Crippen molar-refractivity contribution in [2.45, 2.75) is 4.90 Å². The molecule has 0 bridgehead atoms. The molecule has 0 aliphatic rings. The van der Waals surface area contributed by atoms with Crippen molar-refractivity contribution in [1.29, 1.82) is 5.26 Å². The molecule has 0 atom stereocenters. The lowest BCUT2D eigenvalue weighted by molar-refractivity contribution is 0.592. The molecule has 0 heterocycles. The maximum absolute atomic E-state index is 13.6. The van der Waals surface area contributed by atoms with Crippen LogP contribution in [0, 0.1) is 23.0 Å². The van der Waals surface area contributed by atoms with Gasteiger partial charge in [0.15, 0.2) is 0 Å². The molecule has 0 aliphatic carbocycles. The molecule has 0 radical (unpaired) electrons. The van der Waals surface area contributed by atoms with Gasteiger partial charge in [-0.2, -0.15) is 5.26 Å². The third-order valence-corrected chi connectivity index (χ3v) is 4.45. The van der Waals surface area contributed by atoms with Gasteiger partial charge in [-0.15, -0.1) is 0 Å². The van der Waals surface area contributed by atoms with Crippen molar-refractivity contribution in [3.8, 4) is 6.07 Å². The van der Waals surface area contributed by atoms with Crippen LogP contribution in [0.2, 0.25) is 0 Å². The van der Waals surface area contributed by atoms with Gasteiger partial charge in [0.05, 0.1) is 5.69 Å². The Morgan fingerprint density at radius 2 is 1.86 bits per heavy atom. The molecule has 4 nitrogen and oxygen atoms in total. The molecule has 0 fully saturated rings. The molecule has 2 rings (SSSR count). The van der Waals surface area contributed by atoms with Gasteiger partial charge in [-0.3, -0.25) is 4.72 Å². The Balaban J connectivity index is 2.52. The summed E-state index contributed by atoms with van der Waals surface area (Å²) in [6.45, 7) is 0. The minimum atomic E-state index is -4.29. The van der Waals surface area contributed by atoms with Gasteiger partial charge >= 0.3 is 0 Å². The first-order valence-electron chi connectivity index (χ1n) is 5.51. The number of nitriles is 1. The van der Waals surface area contributed by atoms with E-state index in [1.165, 1.54) is 18.2 Å². The summed E-state index contributed by atoms with van der Waals surface area (Å²) >= 11 is 3.09. The van der Waals surface area contributed by atoms with Crippen LogP contribution in [0.15, 0.2) is 45.8 Å². The first-order chi connectivity index (χ1) is 9.85. The molecule has 0 spiro atoms. The molecular formula is C13H7BrF2N2O2S. The van der Waals surface area contributed by atoms with Gasteiger partial charge in [0, 0.05) is 4.47 Å². The molecule has 2 aromatic carbocycles. The molecule has 0 saturated carbocycles. The van der Waals surface area contributed by atoms with Gasteiger partial charge in [-0.05, 0) is 30.3 Å². The van der Waals surface area contributed by atoms with E-state index in [1.807, 2.05) is 4.72 Å². The summed E-state index contributed by atoms with van der Waals surface area (Å²) < 4.78 is 53.9. The Morgan fingerprint density at radius 1 is 1.14 bits per heavy atom. The number of hydrogen-bond donors (Lipinski definition) is 1. The smallest absolute Gasteiger partial charge is 0.263 e. The van der Waals surface area contributed by atoms with E-state index in [4.69, 9.17) is 5.26 Å². The Hall–Kier alpha value is -1.98. The van der Waals surface area contributed by atoms with Crippen LogP contribution in [0.5, 0.6) is 0 Å². The Labute approximate surface area is 128 Å². The number of nitrogens with one attached hydrogen (secondary N) is 1. The summed E-state index contributed by atoms with van der Waals surface area (Å²) in [5, 5.41) is 8.86.